The highest BCUT2D eigenvalue weighted by Crippen LogP contribution is 2.25. The largest absolute Gasteiger partial charge is 0.329 e. The van der Waals surface area contributed by atoms with E-state index in [0.29, 0.717) is 16.4 Å². The van der Waals surface area contributed by atoms with Crippen molar-refractivity contribution in [3.05, 3.63) is 57.5 Å². The van der Waals surface area contributed by atoms with Crippen molar-refractivity contribution in [1.82, 2.24) is 4.98 Å². The van der Waals surface area contributed by atoms with Crippen LogP contribution >= 0.6 is 11.6 Å². The van der Waals surface area contributed by atoms with E-state index < -0.39 is 5.91 Å². The van der Waals surface area contributed by atoms with Crippen LogP contribution in [0.25, 0.3) is 0 Å². The summed E-state index contributed by atoms with van der Waals surface area (Å²) in [6.45, 7) is 1.37. The summed E-state index contributed by atoms with van der Waals surface area (Å²) in [5.41, 5.74) is 0.792. The number of pyridine rings is 1. The number of H-pyrrole nitrogens is 1. The number of nitrogens with one attached hydrogen (secondary N) is 3. The van der Waals surface area contributed by atoms with Crippen molar-refractivity contribution in [2.24, 2.45) is 0 Å². The van der Waals surface area contributed by atoms with E-state index in [1.807, 2.05) is 0 Å². The average molecular weight is 306 g/mol. The molecule has 6 nitrogen and oxygen atoms in total. The van der Waals surface area contributed by atoms with Gasteiger partial charge in [-0.2, -0.15) is 0 Å². The maximum absolute atomic E-state index is 12.0. The molecular formula is C14H12ClN3O3. The van der Waals surface area contributed by atoms with Gasteiger partial charge in [-0.25, -0.2) is 0 Å². The maximum atomic E-state index is 12.0. The molecule has 0 aliphatic heterocycles. The lowest BCUT2D eigenvalue weighted by atomic mass is 10.2. The highest BCUT2D eigenvalue weighted by atomic mass is 35.5. The summed E-state index contributed by atoms with van der Waals surface area (Å²) in [4.78, 5) is 36.5. The fourth-order valence-corrected chi connectivity index (χ4v) is 1.90. The van der Waals surface area contributed by atoms with E-state index in [2.05, 4.69) is 15.6 Å². The van der Waals surface area contributed by atoms with Crippen LogP contribution in [0.15, 0.2) is 41.3 Å². The van der Waals surface area contributed by atoms with Gasteiger partial charge in [0.15, 0.2) is 0 Å². The lowest BCUT2D eigenvalue weighted by Gasteiger charge is -2.09. The Bertz CT molecular complexity index is 755. The standard InChI is InChI=1S/C14H12ClN3O3/c1-8(19)17-12-3-2-10(7-11(12)15)18-14(21)9-4-5-16-13(20)6-9/h2-7H,1H3,(H,16,20)(H,17,19)(H,18,21). The van der Waals surface area contributed by atoms with E-state index in [0.717, 1.165) is 0 Å². The summed E-state index contributed by atoms with van der Waals surface area (Å²) in [7, 11) is 0. The van der Waals surface area contributed by atoms with E-state index in [1.165, 1.54) is 31.3 Å². The SMILES string of the molecule is CC(=O)Nc1ccc(NC(=O)c2cc[nH]c(=O)c2)cc1Cl. The molecule has 21 heavy (non-hydrogen) atoms. The normalized spacial score (nSPS) is 10.0. The molecule has 0 aliphatic carbocycles. The molecule has 0 bridgehead atoms. The number of halogens is 1. The first-order valence-electron chi connectivity index (χ1n) is 6.03. The molecule has 3 N–H and O–H groups in total. The van der Waals surface area contributed by atoms with Gasteiger partial charge in [0.25, 0.3) is 5.91 Å². The molecule has 0 radical (unpaired) electrons. The van der Waals surface area contributed by atoms with Crippen LogP contribution in [0.2, 0.25) is 5.02 Å². The minimum atomic E-state index is -0.426. The van der Waals surface area contributed by atoms with E-state index in [9.17, 15) is 14.4 Å². The maximum Gasteiger partial charge on any atom is 0.255 e. The van der Waals surface area contributed by atoms with Crippen molar-refractivity contribution in [3.8, 4) is 0 Å². The van der Waals surface area contributed by atoms with Gasteiger partial charge in [-0.15, -0.1) is 0 Å². The lowest BCUT2D eigenvalue weighted by molar-refractivity contribution is -0.114. The first-order chi connectivity index (χ1) is 9.95. The van der Waals surface area contributed by atoms with Crippen molar-refractivity contribution < 1.29 is 9.59 Å². The van der Waals surface area contributed by atoms with Gasteiger partial charge in [0.2, 0.25) is 11.5 Å². The number of aromatic nitrogens is 1. The van der Waals surface area contributed by atoms with Crippen LogP contribution in [0.1, 0.15) is 17.3 Å². The quantitative estimate of drug-likeness (QED) is 0.812. The Kier molecular flexibility index (Phi) is 4.39. The highest BCUT2D eigenvalue weighted by molar-refractivity contribution is 6.34. The molecule has 0 saturated carbocycles. The summed E-state index contributed by atoms with van der Waals surface area (Å²) in [5, 5.41) is 5.48. The molecule has 108 valence electrons. The molecule has 0 aliphatic rings. The fourth-order valence-electron chi connectivity index (χ4n) is 1.67. The Morgan fingerprint density at radius 2 is 1.90 bits per heavy atom. The van der Waals surface area contributed by atoms with Crippen LogP contribution in [-0.2, 0) is 4.79 Å². The molecule has 0 unspecified atom stereocenters. The third-order valence-electron chi connectivity index (χ3n) is 2.57. The molecule has 2 rings (SSSR count). The molecule has 2 aromatic rings. The van der Waals surface area contributed by atoms with Crippen molar-refractivity contribution >= 4 is 34.8 Å². The second-order valence-corrected chi connectivity index (χ2v) is 4.68. The zero-order chi connectivity index (χ0) is 15.4. The van der Waals surface area contributed by atoms with Gasteiger partial charge in [0.05, 0.1) is 10.7 Å². The van der Waals surface area contributed by atoms with Crippen molar-refractivity contribution in [3.63, 3.8) is 0 Å². The second kappa shape index (κ2) is 6.23. The number of rotatable bonds is 3. The number of aromatic amines is 1. The van der Waals surface area contributed by atoms with Crippen molar-refractivity contribution in [1.29, 1.82) is 0 Å². The third kappa shape index (κ3) is 3.93. The summed E-state index contributed by atoms with van der Waals surface area (Å²) in [6, 6.07) is 7.38. The number of amides is 2. The van der Waals surface area contributed by atoms with Crippen LogP contribution in [0, 0.1) is 0 Å². The minimum absolute atomic E-state index is 0.237. The second-order valence-electron chi connectivity index (χ2n) is 4.27. The van der Waals surface area contributed by atoms with Crippen LogP contribution in [0.4, 0.5) is 11.4 Å². The summed E-state index contributed by atoms with van der Waals surface area (Å²) < 4.78 is 0. The predicted molar refractivity (Wildman–Crippen MR) is 80.8 cm³/mol. The first kappa shape index (κ1) is 14.8. The number of carbonyl (C=O) groups is 2. The average Bonchev–Trinajstić information content (AvgIpc) is 2.41. The molecule has 1 aromatic heterocycles. The first-order valence-corrected chi connectivity index (χ1v) is 6.41. The molecule has 0 saturated heterocycles. The van der Waals surface area contributed by atoms with Gasteiger partial charge in [0, 0.05) is 30.4 Å². The van der Waals surface area contributed by atoms with E-state index in [-0.39, 0.29) is 17.0 Å². The molecular weight excluding hydrogens is 294 g/mol. The lowest BCUT2D eigenvalue weighted by Crippen LogP contribution is -2.15. The Morgan fingerprint density at radius 3 is 2.52 bits per heavy atom. The molecule has 1 aromatic carbocycles. The number of hydrogen-bond donors (Lipinski definition) is 3. The van der Waals surface area contributed by atoms with Gasteiger partial charge < -0.3 is 15.6 Å². The van der Waals surface area contributed by atoms with Gasteiger partial charge in [-0.05, 0) is 24.3 Å². The molecule has 0 atom stereocenters. The smallest absolute Gasteiger partial charge is 0.255 e. The predicted octanol–water partition coefficient (Wildman–Crippen LogP) is 2.24. The molecule has 0 fully saturated rings. The van der Waals surface area contributed by atoms with E-state index >= 15 is 0 Å². The van der Waals surface area contributed by atoms with E-state index in [1.54, 1.807) is 12.1 Å². The van der Waals surface area contributed by atoms with Crippen LogP contribution in [0.3, 0.4) is 0 Å². The monoisotopic (exact) mass is 305 g/mol. The molecule has 0 spiro atoms. The van der Waals surface area contributed by atoms with Gasteiger partial charge >= 0.3 is 0 Å². The van der Waals surface area contributed by atoms with Crippen LogP contribution in [-0.4, -0.2) is 16.8 Å². The topological polar surface area (TPSA) is 91.1 Å². The minimum Gasteiger partial charge on any atom is -0.329 e. The zero-order valence-electron chi connectivity index (χ0n) is 11.1. The Morgan fingerprint density at radius 1 is 1.14 bits per heavy atom. The van der Waals surface area contributed by atoms with Gasteiger partial charge in [-0.3, -0.25) is 14.4 Å². The third-order valence-corrected chi connectivity index (χ3v) is 2.89. The molecule has 1 heterocycles. The molecule has 2 amide bonds. The number of anilines is 2. The Hall–Kier alpha value is -2.60. The number of carbonyl (C=O) groups excluding carboxylic acids is 2. The number of benzene rings is 1. The zero-order valence-corrected chi connectivity index (χ0v) is 11.8. The Balaban J connectivity index is 2.16. The Labute approximate surface area is 125 Å². The number of hydrogen-bond acceptors (Lipinski definition) is 3. The van der Waals surface area contributed by atoms with Crippen LogP contribution in [0.5, 0.6) is 0 Å². The summed E-state index contributed by atoms with van der Waals surface area (Å²) in [6.07, 6.45) is 1.39. The van der Waals surface area contributed by atoms with Crippen molar-refractivity contribution in [2.75, 3.05) is 10.6 Å². The molecule has 7 heteroatoms. The summed E-state index contributed by atoms with van der Waals surface area (Å²) in [5.74, 6) is -0.665. The highest BCUT2D eigenvalue weighted by Gasteiger charge is 2.08. The fraction of sp³-hybridized carbons (Fsp3) is 0.0714. The van der Waals surface area contributed by atoms with Gasteiger partial charge in [0.1, 0.15) is 0 Å². The summed E-state index contributed by atoms with van der Waals surface area (Å²) >= 11 is 6.01. The van der Waals surface area contributed by atoms with E-state index in [4.69, 9.17) is 11.6 Å². The van der Waals surface area contributed by atoms with Crippen molar-refractivity contribution in [2.45, 2.75) is 6.92 Å². The van der Waals surface area contributed by atoms with Crippen LogP contribution < -0.4 is 16.2 Å². The van der Waals surface area contributed by atoms with Gasteiger partial charge in [-0.1, -0.05) is 11.6 Å².